The highest BCUT2D eigenvalue weighted by atomic mass is 16.1. The first-order valence-electron chi connectivity index (χ1n) is 2.65. The molecule has 2 N–H and O–H groups in total. The van der Waals surface area contributed by atoms with Crippen molar-refractivity contribution in [1.82, 2.24) is 4.90 Å². The van der Waals surface area contributed by atoms with Gasteiger partial charge in [-0.3, -0.25) is 4.90 Å². The van der Waals surface area contributed by atoms with E-state index in [0.717, 1.165) is 6.29 Å². The summed E-state index contributed by atoms with van der Waals surface area (Å²) >= 11 is 0. The molecule has 9 heavy (non-hydrogen) atoms. The summed E-state index contributed by atoms with van der Waals surface area (Å²) in [6.45, 7) is 3.45. The third kappa shape index (κ3) is 2.28. The fourth-order valence-corrected chi connectivity index (χ4v) is 0.541. The predicted octanol–water partition coefficient (Wildman–Crippen LogP) is -0.412. The van der Waals surface area contributed by atoms with E-state index < -0.39 is 0 Å². The second-order valence-corrected chi connectivity index (χ2v) is 2.12. The molecule has 0 aromatic rings. The van der Waals surface area contributed by atoms with E-state index >= 15 is 0 Å². The Morgan fingerprint density at radius 3 is 2.22 bits per heavy atom. The van der Waals surface area contributed by atoms with Gasteiger partial charge < -0.3 is 10.5 Å². The topological polar surface area (TPSA) is 46.3 Å². The van der Waals surface area contributed by atoms with Crippen LogP contribution in [0.5, 0.6) is 0 Å². The Kier molecular flexibility index (Phi) is 2.95. The van der Waals surface area contributed by atoms with Gasteiger partial charge in [-0.1, -0.05) is 6.58 Å². The molecule has 0 radical (unpaired) electrons. The van der Waals surface area contributed by atoms with Crippen molar-refractivity contribution in [3.63, 3.8) is 0 Å². The summed E-state index contributed by atoms with van der Waals surface area (Å²) in [5, 5.41) is 0. The van der Waals surface area contributed by atoms with Gasteiger partial charge in [0.15, 0.2) is 0 Å². The summed E-state index contributed by atoms with van der Waals surface area (Å²) in [4.78, 5) is 11.9. The summed E-state index contributed by atoms with van der Waals surface area (Å²) in [6, 6.07) is -0.343. The summed E-state index contributed by atoms with van der Waals surface area (Å²) in [6.07, 6.45) is 0.766. The zero-order chi connectivity index (χ0) is 7.44. The number of hydrogen-bond acceptors (Lipinski definition) is 3. The second kappa shape index (κ2) is 3.25. The molecule has 0 aromatic heterocycles. The number of likely N-dealkylation sites (N-methyl/N-ethyl adjacent to an activating group) is 1. The zero-order valence-corrected chi connectivity index (χ0v) is 5.79. The molecule has 0 amide bonds. The van der Waals surface area contributed by atoms with E-state index in [-0.39, 0.29) is 6.04 Å². The Bertz CT molecular complexity index is 120. The van der Waals surface area contributed by atoms with Crippen LogP contribution in [0.3, 0.4) is 0 Å². The van der Waals surface area contributed by atoms with Crippen molar-refractivity contribution in [2.24, 2.45) is 5.73 Å². The molecule has 52 valence electrons. The first kappa shape index (κ1) is 8.17. The lowest BCUT2D eigenvalue weighted by Crippen LogP contribution is -2.33. The van der Waals surface area contributed by atoms with E-state index in [2.05, 4.69) is 6.58 Å². The molecule has 0 aliphatic carbocycles. The summed E-state index contributed by atoms with van der Waals surface area (Å²) in [5.74, 6) is 0. The first-order valence-corrected chi connectivity index (χ1v) is 2.65. The van der Waals surface area contributed by atoms with Crippen LogP contribution in [0.15, 0.2) is 12.3 Å². The monoisotopic (exact) mass is 128 g/mol. The normalized spacial score (nSPS) is 13.2. The van der Waals surface area contributed by atoms with Gasteiger partial charge in [-0.25, -0.2) is 0 Å². The van der Waals surface area contributed by atoms with Crippen LogP contribution >= 0.6 is 0 Å². The predicted molar refractivity (Wildman–Crippen MR) is 36.9 cm³/mol. The van der Waals surface area contributed by atoms with E-state index in [1.54, 1.807) is 19.0 Å². The number of rotatable bonds is 3. The number of carbonyl (C=O) groups is 1. The third-order valence-corrected chi connectivity index (χ3v) is 1.07. The number of nitrogens with two attached hydrogens (primary N) is 1. The van der Waals surface area contributed by atoms with Gasteiger partial charge in [-0.2, -0.15) is 0 Å². The fraction of sp³-hybridized carbons (Fsp3) is 0.500. The first-order chi connectivity index (χ1) is 4.09. The van der Waals surface area contributed by atoms with Crippen LogP contribution in [0.25, 0.3) is 0 Å². The van der Waals surface area contributed by atoms with Crippen molar-refractivity contribution in [2.45, 2.75) is 6.04 Å². The highest BCUT2D eigenvalue weighted by Crippen LogP contribution is 1.93. The molecule has 0 heterocycles. The number of aldehydes is 1. The van der Waals surface area contributed by atoms with E-state index in [1.165, 1.54) is 0 Å². The molecule has 1 unspecified atom stereocenters. The molecule has 3 heteroatoms. The number of hydrogen-bond donors (Lipinski definition) is 1. The van der Waals surface area contributed by atoms with Crippen LogP contribution in [0, 0.1) is 0 Å². The Morgan fingerprint density at radius 1 is 1.78 bits per heavy atom. The van der Waals surface area contributed by atoms with Gasteiger partial charge in [0.05, 0.1) is 0 Å². The largest absolute Gasteiger partial charge is 0.401 e. The lowest BCUT2D eigenvalue weighted by atomic mass is 10.2. The van der Waals surface area contributed by atoms with Crippen LogP contribution in [0.4, 0.5) is 0 Å². The standard InChI is InChI=1S/C6H12N2O/c1-5(7)6(4-9)8(2)3/h4,6H,1,7H2,2-3H3. The van der Waals surface area contributed by atoms with Gasteiger partial charge in [0, 0.05) is 5.70 Å². The Balaban J connectivity index is 3.98. The molecule has 0 saturated carbocycles. The van der Waals surface area contributed by atoms with Gasteiger partial charge in [0.2, 0.25) is 0 Å². The number of nitrogens with zero attached hydrogens (tertiary/aromatic N) is 1. The van der Waals surface area contributed by atoms with Crippen molar-refractivity contribution in [2.75, 3.05) is 14.1 Å². The maximum absolute atomic E-state index is 10.2. The average Bonchev–Trinajstić information content (AvgIpc) is 1.64. The molecule has 1 atom stereocenters. The molecule has 0 aliphatic heterocycles. The Morgan fingerprint density at radius 2 is 2.22 bits per heavy atom. The molecular formula is C6H12N2O. The molecule has 0 saturated heterocycles. The smallest absolute Gasteiger partial charge is 0.143 e. The van der Waals surface area contributed by atoms with Crippen LogP contribution in [0.1, 0.15) is 0 Å². The van der Waals surface area contributed by atoms with Crippen LogP contribution < -0.4 is 5.73 Å². The van der Waals surface area contributed by atoms with Gasteiger partial charge in [0.25, 0.3) is 0 Å². The summed E-state index contributed by atoms with van der Waals surface area (Å²) in [7, 11) is 3.55. The lowest BCUT2D eigenvalue weighted by molar-refractivity contribution is -0.110. The lowest BCUT2D eigenvalue weighted by Gasteiger charge is -2.17. The third-order valence-electron chi connectivity index (χ3n) is 1.07. The molecule has 3 nitrogen and oxygen atoms in total. The van der Waals surface area contributed by atoms with Gasteiger partial charge in [0.1, 0.15) is 12.3 Å². The highest BCUT2D eigenvalue weighted by Gasteiger charge is 2.09. The zero-order valence-electron chi connectivity index (χ0n) is 5.79. The van der Waals surface area contributed by atoms with Crippen molar-refractivity contribution in [3.8, 4) is 0 Å². The summed E-state index contributed by atoms with van der Waals surface area (Å²) in [5.41, 5.74) is 5.67. The quantitative estimate of drug-likeness (QED) is 0.525. The van der Waals surface area contributed by atoms with Gasteiger partial charge in [-0.15, -0.1) is 0 Å². The van der Waals surface area contributed by atoms with E-state index in [4.69, 9.17) is 5.73 Å². The van der Waals surface area contributed by atoms with Crippen molar-refractivity contribution in [1.29, 1.82) is 0 Å². The average molecular weight is 128 g/mol. The molecule has 0 aromatic carbocycles. The van der Waals surface area contributed by atoms with Crippen LogP contribution in [0.2, 0.25) is 0 Å². The maximum atomic E-state index is 10.2. The van der Waals surface area contributed by atoms with Crippen molar-refractivity contribution < 1.29 is 4.79 Å². The molecule has 0 spiro atoms. The molecule has 0 rings (SSSR count). The van der Waals surface area contributed by atoms with E-state index in [0.29, 0.717) is 5.70 Å². The maximum Gasteiger partial charge on any atom is 0.143 e. The van der Waals surface area contributed by atoms with Crippen LogP contribution in [-0.4, -0.2) is 31.3 Å². The molecular weight excluding hydrogens is 116 g/mol. The van der Waals surface area contributed by atoms with Crippen LogP contribution in [-0.2, 0) is 4.79 Å². The van der Waals surface area contributed by atoms with Crippen molar-refractivity contribution in [3.05, 3.63) is 12.3 Å². The van der Waals surface area contributed by atoms with E-state index in [9.17, 15) is 4.79 Å². The summed E-state index contributed by atoms with van der Waals surface area (Å²) < 4.78 is 0. The number of carbonyl (C=O) groups excluding carboxylic acids is 1. The molecule has 0 bridgehead atoms. The fourth-order valence-electron chi connectivity index (χ4n) is 0.541. The Labute approximate surface area is 55.1 Å². The SMILES string of the molecule is C=C(N)C(C=O)N(C)C. The van der Waals surface area contributed by atoms with Gasteiger partial charge >= 0.3 is 0 Å². The minimum Gasteiger partial charge on any atom is -0.401 e. The Hall–Kier alpha value is -0.830. The highest BCUT2D eigenvalue weighted by molar-refractivity contribution is 5.62. The second-order valence-electron chi connectivity index (χ2n) is 2.12. The minimum atomic E-state index is -0.343. The minimum absolute atomic E-state index is 0.343. The van der Waals surface area contributed by atoms with Gasteiger partial charge in [-0.05, 0) is 14.1 Å². The molecule has 0 fully saturated rings. The molecule has 0 aliphatic rings. The van der Waals surface area contributed by atoms with Crippen molar-refractivity contribution >= 4 is 6.29 Å². The van der Waals surface area contributed by atoms with E-state index in [1.807, 2.05) is 0 Å².